The molecule has 0 radical (unpaired) electrons. The van der Waals surface area contributed by atoms with E-state index in [0.29, 0.717) is 15.9 Å². The maximum atomic E-state index is 13.7. The number of aromatic amines is 1. The van der Waals surface area contributed by atoms with Crippen LogP contribution in [-0.4, -0.2) is 15.9 Å². The molecule has 0 fully saturated rings. The van der Waals surface area contributed by atoms with Crippen LogP contribution in [0.15, 0.2) is 52.4 Å². The van der Waals surface area contributed by atoms with E-state index in [2.05, 4.69) is 15.3 Å². The van der Waals surface area contributed by atoms with Gasteiger partial charge in [0.2, 0.25) is 5.91 Å². The summed E-state index contributed by atoms with van der Waals surface area (Å²) in [5.74, 6) is -2.06. The fourth-order valence-corrected chi connectivity index (χ4v) is 4.15. The second-order valence-electron chi connectivity index (χ2n) is 6.56. The first-order valence-corrected chi connectivity index (χ1v) is 10.0. The van der Waals surface area contributed by atoms with Gasteiger partial charge in [0.1, 0.15) is 17.5 Å². The lowest BCUT2D eigenvalue weighted by molar-refractivity contribution is -0.116. The van der Waals surface area contributed by atoms with Gasteiger partial charge in [-0.05, 0) is 35.4 Å². The highest BCUT2D eigenvalue weighted by atomic mass is 35.5. The van der Waals surface area contributed by atoms with Crippen molar-refractivity contribution in [2.24, 2.45) is 0 Å². The minimum absolute atomic E-state index is 0.0993. The van der Waals surface area contributed by atoms with Gasteiger partial charge in [-0.25, -0.2) is 13.8 Å². The number of rotatable bonds is 4. The average molecular weight is 434 g/mol. The first kappa shape index (κ1) is 19.6. The standard InChI is InChI=1S/C20H14ClF2N3O2S/c21-12-3-1-10(2-4-12)9-29-20-25-18-17(19(28)26-20)15(8-16(27)24-18)11-5-13(22)7-14(23)6-11/h1-7,15H,8-9H2,(H2,24,25,26,27,28). The molecule has 148 valence electrons. The van der Waals surface area contributed by atoms with Gasteiger partial charge in [0.25, 0.3) is 5.56 Å². The zero-order chi connectivity index (χ0) is 20.5. The third-order valence-corrected chi connectivity index (χ3v) is 5.70. The number of benzene rings is 2. The fourth-order valence-electron chi connectivity index (χ4n) is 3.21. The molecule has 9 heteroatoms. The van der Waals surface area contributed by atoms with E-state index in [9.17, 15) is 18.4 Å². The zero-order valence-electron chi connectivity index (χ0n) is 14.8. The van der Waals surface area contributed by atoms with Crippen LogP contribution in [0.2, 0.25) is 5.02 Å². The number of nitrogens with one attached hydrogen (secondary N) is 2. The van der Waals surface area contributed by atoms with Crippen molar-refractivity contribution >= 4 is 35.1 Å². The predicted octanol–water partition coefficient (Wildman–Crippen LogP) is 4.47. The quantitative estimate of drug-likeness (QED) is 0.470. The fraction of sp³-hybridized carbons (Fsp3) is 0.150. The Morgan fingerprint density at radius 1 is 1.10 bits per heavy atom. The van der Waals surface area contributed by atoms with Crippen molar-refractivity contribution in [3.8, 4) is 0 Å². The van der Waals surface area contributed by atoms with Crippen LogP contribution in [0.4, 0.5) is 14.6 Å². The zero-order valence-corrected chi connectivity index (χ0v) is 16.4. The molecule has 1 unspecified atom stereocenters. The molecule has 0 saturated heterocycles. The lowest BCUT2D eigenvalue weighted by Crippen LogP contribution is -2.31. The molecule has 1 aliphatic heterocycles. The lowest BCUT2D eigenvalue weighted by Gasteiger charge is -2.24. The van der Waals surface area contributed by atoms with Gasteiger partial charge in [0.05, 0.1) is 5.56 Å². The molecule has 3 aromatic rings. The smallest absolute Gasteiger partial charge is 0.257 e. The van der Waals surface area contributed by atoms with E-state index in [4.69, 9.17) is 11.6 Å². The SMILES string of the molecule is O=C1CC(c2cc(F)cc(F)c2)c2c(nc(SCc3ccc(Cl)cc3)[nH]c2=O)N1. The molecule has 1 aromatic heterocycles. The number of hydrogen-bond acceptors (Lipinski definition) is 4. The summed E-state index contributed by atoms with van der Waals surface area (Å²) in [4.78, 5) is 31.9. The third kappa shape index (κ3) is 4.33. The normalized spacial score (nSPS) is 15.7. The Kier molecular flexibility index (Phi) is 5.38. The van der Waals surface area contributed by atoms with Crippen LogP contribution in [0.1, 0.15) is 29.0 Å². The summed E-state index contributed by atoms with van der Waals surface area (Å²) in [5, 5.41) is 3.54. The predicted molar refractivity (Wildman–Crippen MR) is 107 cm³/mol. The molecule has 1 aliphatic rings. The van der Waals surface area contributed by atoms with E-state index >= 15 is 0 Å². The van der Waals surface area contributed by atoms with Crippen molar-refractivity contribution in [2.45, 2.75) is 23.2 Å². The molecular formula is C20H14ClF2N3O2S. The Labute approximate surface area is 173 Å². The van der Waals surface area contributed by atoms with Crippen LogP contribution in [0, 0.1) is 11.6 Å². The topological polar surface area (TPSA) is 74.8 Å². The maximum Gasteiger partial charge on any atom is 0.257 e. The second kappa shape index (κ2) is 7.96. The van der Waals surface area contributed by atoms with Gasteiger partial charge in [-0.15, -0.1) is 0 Å². The van der Waals surface area contributed by atoms with E-state index in [1.54, 1.807) is 12.1 Å². The monoisotopic (exact) mass is 433 g/mol. The molecule has 0 saturated carbocycles. The number of halogens is 3. The van der Waals surface area contributed by atoms with Gasteiger partial charge in [0, 0.05) is 29.2 Å². The number of fused-ring (bicyclic) bond motifs is 1. The number of thioether (sulfide) groups is 1. The number of nitrogens with zero attached hydrogens (tertiary/aromatic N) is 1. The van der Waals surface area contributed by atoms with E-state index in [0.717, 1.165) is 23.8 Å². The largest absolute Gasteiger partial charge is 0.310 e. The highest BCUT2D eigenvalue weighted by Crippen LogP contribution is 2.35. The van der Waals surface area contributed by atoms with Gasteiger partial charge >= 0.3 is 0 Å². The number of aromatic nitrogens is 2. The van der Waals surface area contributed by atoms with Gasteiger partial charge in [-0.2, -0.15) is 0 Å². The van der Waals surface area contributed by atoms with Crippen LogP contribution >= 0.6 is 23.4 Å². The van der Waals surface area contributed by atoms with Crippen LogP contribution in [0.25, 0.3) is 0 Å². The number of anilines is 1. The Morgan fingerprint density at radius 2 is 1.79 bits per heavy atom. The summed E-state index contributed by atoms with van der Waals surface area (Å²) in [7, 11) is 0. The van der Waals surface area contributed by atoms with Gasteiger partial charge < -0.3 is 10.3 Å². The molecule has 2 N–H and O–H groups in total. The Morgan fingerprint density at radius 3 is 2.48 bits per heavy atom. The van der Waals surface area contributed by atoms with Crippen LogP contribution < -0.4 is 10.9 Å². The highest BCUT2D eigenvalue weighted by molar-refractivity contribution is 7.98. The number of H-pyrrole nitrogens is 1. The number of hydrogen-bond donors (Lipinski definition) is 2. The van der Waals surface area contributed by atoms with Crippen molar-refractivity contribution in [3.63, 3.8) is 0 Å². The summed E-state index contributed by atoms with van der Waals surface area (Å²) in [5.41, 5.74) is 0.929. The van der Waals surface area contributed by atoms with Crippen LogP contribution in [0.5, 0.6) is 0 Å². The van der Waals surface area contributed by atoms with E-state index < -0.39 is 23.1 Å². The molecule has 2 heterocycles. The number of carbonyl (C=O) groups excluding carboxylic acids is 1. The van der Waals surface area contributed by atoms with Crippen LogP contribution in [0.3, 0.4) is 0 Å². The molecule has 1 amide bonds. The van der Waals surface area contributed by atoms with Crippen LogP contribution in [-0.2, 0) is 10.5 Å². The molecule has 0 spiro atoms. The van der Waals surface area contributed by atoms with Crippen molar-refractivity contribution in [2.75, 3.05) is 5.32 Å². The van der Waals surface area contributed by atoms with Crippen molar-refractivity contribution in [1.29, 1.82) is 0 Å². The van der Waals surface area contributed by atoms with Crippen molar-refractivity contribution < 1.29 is 13.6 Å². The second-order valence-corrected chi connectivity index (χ2v) is 7.96. The summed E-state index contributed by atoms with van der Waals surface area (Å²) in [6.45, 7) is 0. The third-order valence-electron chi connectivity index (χ3n) is 4.51. The molecule has 5 nitrogen and oxygen atoms in total. The van der Waals surface area contributed by atoms with E-state index in [1.165, 1.54) is 11.8 Å². The summed E-state index contributed by atoms with van der Waals surface area (Å²) in [6.07, 6.45) is -0.0993. The molecule has 0 bridgehead atoms. The number of amides is 1. The molecule has 29 heavy (non-hydrogen) atoms. The molecule has 2 aromatic carbocycles. The summed E-state index contributed by atoms with van der Waals surface area (Å²) in [6, 6.07) is 10.3. The lowest BCUT2D eigenvalue weighted by atomic mass is 9.87. The average Bonchev–Trinajstić information content (AvgIpc) is 2.66. The van der Waals surface area contributed by atoms with Crippen molar-refractivity contribution in [3.05, 3.63) is 86.2 Å². The summed E-state index contributed by atoms with van der Waals surface area (Å²) >= 11 is 7.16. The van der Waals surface area contributed by atoms with Gasteiger partial charge in [0.15, 0.2) is 5.16 Å². The Hall–Kier alpha value is -2.71. The first-order chi connectivity index (χ1) is 13.9. The minimum atomic E-state index is -0.782. The highest BCUT2D eigenvalue weighted by Gasteiger charge is 2.31. The van der Waals surface area contributed by atoms with E-state index in [-0.39, 0.29) is 29.3 Å². The number of carbonyl (C=O) groups is 1. The Balaban J connectivity index is 1.66. The van der Waals surface area contributed by atoms with E-state index in [1.807, 2.05) is 12.1 Å². The maximum absolute atomic E-state index is 13.7. The first-order valence-electron chi connectivity index (χ1n) is 8.66. The molecule has 4 rings (SSSR count). The van der Waals surface area contributed by atoms with Gasteiger partial charge in [-0.3, -0.25) is 9.59 Å². The minimum Gasteiger partial charge on any atom is -0.310 e. The molecule has 0 aliphatic carbocycles. The molecule has 1 atom stereocenters. The summed E-state index contributed by atoms with van der Waals surface area (Å²) < 4.78 is 27.3. The van der Waals surface area contributed by atoms with Gasteiger partial charge in [-0.1, -0.05) is 35.5 Å². The molecular weight excluding hydrogens is 420 g/mol. The Bertz CT molecular complexity index is 1130. The van der Waals surface area contributed by atoms with Crippen molar-refractivity contribution in [1.82, 2.24) is 9.97 Å².